The normalized spacial score (nSPS) is 17.0. The number of amides is 1. The minimum absolute atomic E-state index is 0.143. The summed E-state index contributed by atoms with van der Waals surface area (Å²) in [6.07, 6.45) is 2.02. The Bertz CT molecular complexity index is 474. The number of piperazine rings is 1. The molecule has 4 heteroatoms. The van der Waals surface area contributed by atoms with Crippen LogP contribution in [0.15, 0.2) is 24.3 Å². The molecule has 0 aliphatic carbocycles. The van der Waals surface area contributed by atoms with Gasteiger partial charge in [0.25, 0.3) is 0 Å². The fourth-order valence-electron chi connectivity index (χ4n) is 3.24. The minimum atomic E-state index is -0.143. The summed E-state index contributed by atoms with van der Waals surface area (Å²) >= 11 is 0. The predicted molar refractivity (Wildman–Crippen MR) is 95.5 cm³/mol. The van der Waals surface area contributed by atoms with Crippen molar-refractivity contribution in [2.75, 3.05) is 39.3 Å². The van der Waals surface area contributed by atoms with Crippen LogP contribution in [0.3, 0.4) is 0 Å². The first kappa shape index (κ1) is 18.0. The summed E-state index contributed by atoms with van der Waals surface area (Å²) in [5.41, 5.74) is 2.36. The molecule has 1 atom stereocenters. The topological polar surface area (TPSA) is 35.6 Å². The molecular weight excluding hydrogens is 286 g/mol. The summed E-state index contributed by atoms with van der Waals surface area (Å²) in [4.78, 5) is 17.7. The lowest BCUT2D eigenvalue weighted by Gasteiger charge is -2.37. The van der Waals surface area contributed by atoms with Crippen molar-refractivity contribution >= 4 is 5.91 Å². The highest BCUT2D eigenvalue weighted by Crippen LogP contribution is 2.24. The van der Waals surface area contributed by atoms with Crippen LogP contribution in [-0.4, -0.2) is 55.0 Å². The molecule has 1 amide bonds. The van der Waals surface area contributed by atoms with E-state index in [9.17, 15) is 4.79 Å². The summed E-state index contributed by atoms with van der Waals surface area (Å²) in [7, 11) is 0. The van der Waals surface area contributed by atoms with E-state index >= 15 is 0 Å². The summed E-state index contributed by atoms with van der Waals surface area (Å²) < 4.78 is 0. The monoisotopic (exact) mass is 317 g/mol. The van der Waals surface area contributed by atoms with Gasteiger partial charge in [0.1, 0.15) is 6.04 Å². The molecule has 1 aromatic rings. The van der Waals surface area contributed by atoms with Crippen molar-refractivity contribution in [3.63, 3.8) is 0 Å². The van der Waals surface area contributed by atoms with Gasteiger partial charge in [-0.25, -0.2) is 0 Å². The Labute approximate surface area is 140 Å². The van der Waals surface area contributed by atoms with E-state index in [1.54, 1.807) is 0 Å². The van der Waals surface area contributed by atoms with Gasteiger partial charge in [0.2, 0.25) is 5.91 Å². The highest BCUT2D eigenvalue weighted by Gasteiger charge is 2.31. The first-order valence-corrected chi connectivity index (χ1v) is 8.97. The molecule has 23 heavy (non-hydrogen) atoms. The second kappa shape index (κ2) is 9.04. The van der Waals surface area contributed by atoms with Crippen molar-refractivity contribution in [2.24, 2.45) is 0 Å². The van der Waals surface area contributed by atoms with Crippen LogP contribution >= 0.6 is 0 Å². The van der Waals surface area contributed by atoms with Gasteiger partial charge in [-0.15, -0.1) is 0 Å². The van der Waals surface area contributed by atoms with E-state index in [0.29, 0.717) is 0 Å². The van der Waals surface area contributed by atoms with Crippen molar-refractivity contribution in [3.05, 3.63) is 35.4 Å². The van der Waals surface area contributed by atoms with Gasteiger partial charge in [0.05, 0.1) is 0 Å². The molecule has 0 aromatic heterocycles. The van der Waals surface area contributed by atoms with Crippen LogP contribution in [0.1, 0.15) is 43.9 Å². The van der Waals surface area contributed by atoms with E-state index in [-0.39, 0.29) is 11.9 Å². The van der Waals surface area contributed by atoms with E-state index in [1.165, 1.54) is 5.56 Å². The average molecular weight is 317 g/mol. The van der Waals surface area contributed by atoms with Crippen LogP contribution in [0.25, 0.3) is 0 Å². The van der Waals surface area contributed by atoms with Crippen LogP contribution < -0.4 is 5.32 Å². The Morgan fingerprint density at radius 1 is 1.13 bits per heavy atom. The fourth-order valence-corrected chi connectivity index (χ4v) is 3.24. The lowest BCUT2D eigenvalue weighted by Crippen LogP contribution is -2.50. The van der Waals surface area contributed by atoms with Gasteiger partial charge in [-0.1, -0.05) is 43.7 Å². The third-order valence-corrected chi connectivity index (χ3v) is 4.44. The maximum absolute atomic E-state index is 13.3. The Hall–Kier alpha value is -1.39. The molecule has 1 heterocycles. The second-order valence-corrected chi connectivity index (χ2v) is 6.42. The van der Waals surface area contributed by atoms with Crippen molar-refractivity contribution in [3.8, 4) is 0 Å². The lowest BCUT2D eigenvalue weighted by atomic mass is 10.0. The van der Waals surface area contributed by atoms with Crippen LogP contribution in [0.4, 0.5) is 0 Å². The molecule has 128 valence electrons. The van der Waals surface area contributed by atoms with E-state index in [0.717, 1.165) is 57.7 Å². The molecule has 0 radical (unpaired) electrons. The predicted octanol–water partition coefficient (Wildman–Crippen LogP) is 2.59. The quantitative estimate of drug-likeness (QED) is 0.839. The van der Waals surface area contributed by atoms with Gasteiger partial charge < -0.3 is 10.2 Å². The number of hydrogen-bond acceptors (Lipinski definition) is 3. The van der Waals surface area contributed by atoms with Gasteiger partial charge in [-0.2, -0.15) is 0 Å². The molecule has 1 aromatic carbocycles. The zero-order valence-electron chi connectivity index (χ0n) is 14.8. The Morgan fingerprint density at radius 3 is 2.22 bits per heavy atom. The van der Waals surface area contributed by atoms with Gasteiger partial charge in [-0.05, 0) is 25.3 Å². The maximum atomic E-state index is 13.3. The van der Waals surface area contributed by atoms with Crippen molar-refractivity contribution in [1.29, 1.82) is 0 Å². The van der Waals surface area contributed by atoms with E-state index in [4.69, 9.17) is 0 Å². The largest absolute Gasteiger partial charge is 0.341 e. The molecular formula is C19H31N3O. The van der Waals surface area contributed by atoms with Gasteiger partial charge in [-0.3, -0.25) is 9.69 Å². The van der Waals surface area contributed by atoms with E-state index in [2.05, 4.69) is 55.3 Å². The Kier molecular flexibility index (Phi) is 7.06. The molecule has 1 fully saturated rings. The molecule has 0 bridgehead atoms. The van der Waals surface area contributed by atoms with Crippen LogP contribution in [-0.2, 0) is 4.79 Å². The molecule has 0 spiro atoms. The summed E-state index contributed by atoms with van der Waals surface area (Å²) in [5, 5.41) is 3.38. The fraction of sp³-hybridized carbons (Fsp3) is 0.632. The number of hydrogen-bond donors (Lipinski definition) is 1. The summed E-state index contributed by atoms with van der Waals surface area (Å²) in [5.74, 6) is 0.263. The van der Waals surface area contributed by atoms with Crippen molar-refractivity contribution in [2.45, 2.75) is 39.7 Å². The SMILES string of the molecule is CCCN(CCC)C(=O)C(c1ccc(C)cc1)N1CCNCC1. The molecule has 1 unspecified atom stereocenters. The highest BCUT2D eigenvalue weighted by molar-refractivity contribution is 5.83. The van der Waals surface area contributed by atoms with Crippen molar-refractivity contribution in [1.82, 2.24) is 15.1 Å². The lowest BCUT2D eigenvalue weighted by molar-refractivity contribution is -0.137. The first-order valence-electron chi connectivity index (χ1n) is 8.97. The number of rotatable bonds is 7. The van der Waals surface area contributed by atoms with Crippen molar-refractivity contribution < 1.29 is 4.79 Å². The number of carbonyl (C=O) groups is 1. The molecule has 0 saturated carbocycles. The van der Waals surface area contributed by atoms with Gasteiger partial charge >= 0.3 is 0 Å². The number of nitrogens with zero attached hydrogens (tertiary/aromatic N) is 2. The molecule has 1 aliphatic heterocycles. The Morgan fingerprint density at radius 2 is 1.70 bits per heavy atom. The van der Waals surface area contributed by atoms with Gasteiger partial charge in [0, 0.05) is 39.3 Å². The summed E-state index contributed by atoms with van der Waals surface area (Å²) in [6, 6.07) is 8.33. The maximum Gasteiger partial charge on any atom is 0.244 e. The summed E-state index contributed by atoms with van der Waals surface area (Å²) in [6.45, 7) is 11.8. The second-order valence-electron chi connectivity index (χ2n) is 6.42. The van der Waals surface area contributed by atoms with E-state index < -0.39 is 0 Å². The van der Waals surface area contributed by atoms with E-state index in [1.807, 2.05) is 4.90 Å². The van der Waals surface area contributed by atoms with Crippen LogP contribution in [0.2, 0.25) is 0 Å². The standard InChI is InChI=1S/C19H31N3O/c1-4-12-22(13-5-2)19(23)18(21-14-10-20-11-15-21)17-8-6-16(3)7-9-17/h6-9,18,20H,4-5,10-15H2,1-3H3. The molecule has 1 N–H and O–H groups in total. The smallest absolute Gasteiger partial charge is 0.244 e. The molecule has 1 aliphatic rings. The van der Waals surface area contributed by atoms with Gasteiger partial charge in [0.15, 0.2) is 0 Å². The third-order valence-electron chi connectivity index (χ3n) is 4.44. The van der Waals surface area contributed by atoms with Crippen LogP contribution in [0.5, 0.6) is 0 Å². The molecule has 1 saturated heterocycles. The third kappa shape index (κ3) is 4.79. The average Bonchev–Trinajstić information content (AvgIpc) is 2.57. The molecule has 4 nitrogen and oxygen atoms in total. The van der Waals surface area contributed by atoms with Crippen LogP contribution in [0, 0.1) is 6.92 Å². The highest BCUT2D eigenvalue weighted by atomic mass is 16.2. The number of nitrogens with one attached hydrogen (secondary N) is 1. The first-order chi connectivity index (χ1) is 11.2. The zero-order chi connectivity index (χ0) is 16.7. The number of aryl methyl sites for hydroxylation is 1. The Balaban J connectivity index is 2.27. The number of benzene rings is 1. The zero-order valence-corrected chi connectivity index (χ0v) is 14.8. The minimum Gasteiger partial charge on any atom is -0.341 e. The number of carbonyl (C=O) groups excluding carboxylic acids is 1. The molecule has 2 rings (SSSR count).